The molecule has 0 radical (unpaired) electrons. The van der Waals surface area contributed by atoms with Gasteiger partial charge in [-0.3, -0.25) is 9.59 Å². The minimum absolute atomic E-state index is 0.173. The molecule has 9 heteroatoms. The van der Waals surface area contributed by atoms with E-state index in [1.807, 2.05) is 0 Å². The second-order valence-electron chi connectivity index (χ2n) is 5.17. The number of nitrogens with two attached hydrogens (primary N) is 1. The van der Waals surface area contributed by atoms with Crippen LogP contribution in [0.5, 0.6) is 0 Å². The minimum Gasteiger partial charge on any atom is -0.355 e. The van der Waals surface area contributed by atoms with Crippen molar-refractivity contribution >= 4 is 17.7 Å². The average molecular weight is 351 g/mol. The molecule has 7 nitrogen and oxygen atoms in total. The van der Waals surface area contributed by atoms with Crippen LogP contribution in [0.4, 0.5) is 4.39 Å². The number of carbonyl (C=O) groups excluding carboxylic acids is 1. The van der Waals surface area contributed by atoms with Crippen molar-refractivity contribution in [1.29, 1.82) is 0 Å². The molecule has 0 spiro atoms. The number of aryl methyl sites for hydroxylation is 1. The van der Waals surface area contributed by atoms with Crippen LogP contribution in [0, 0.1) is 12.7 Å². The highest BCUT2D eigenvalue weighted by Gasteiger charge is 2.18. The number of rotatable bonds is 6. The predicted octanol–water partition coefficient (Wildman–Crippen LogP) is 0.639. The van der Waals surface area contributed by atoms with Crippen LogP contribution in [-0.2, 0) is 11.2 Å². The van der Waals surface area contributed by atoms with E-state index in [2.05, 4.69) is 15.5 Å². The van der Waals surface area contributed by atoms with E-state index in [1.54, 1.807) is 19.1 Å². The highest BCUT2D eigenvalue weighted by molar-refractivity contribution is 8.00. The van der Waals surface area contributed by atoms with E-state index in [0.717, 1.165) is 22.0 Å². The zero-order valence-corrected chi connectivity index (χ0v) is 14.1. The molecule has 3 N–H and O–H groups in total. The Labute approximate surface area is 142 Å². The zero-order chi connectivity index (χ0) is 17.7. The van der Waals surface area contributed by atoms with E-state index in [9.17, 15) is 14.0 Å². The Morgan fingerprint density at radius 3 is 2.71 bits per heavy atom. The van der Waals surface area contributed by atoms with Crippen molar-refractivity contribution in [2.75, 3.05) is 12.4 Å². The van der Waals surface area contributed by atoms with Crippen LogP contribution in [0.15, 0.2) is 34.2 Å². The molecular formula is C15H18FN5O2S. The fourth-order valence-corrected chi connectivity index (χ4v) is 2.68. The van der Waals surface area contributed by atoms with Crippen LogP contribution in [0.3, 0.4) is 0 Å². The number of amides is 1. The third kappa shape index (κ3) is 4.54. The third-order valence-corrected chi connectivity index (χ3v) is 4.35. The van der Waals surface area contributed by atoms with Crippen molar-refractivity contribution in [2.24, 2.45) is 0 Å². The fourth-order valence-electron chi connectivity index (χ4n) is 1.89. The lowest BCUT2D eigenvalue weighted by Gasteiger charge is -2.12. The molecule has 0 saturated carbocycles. The summed E-state index contributed by atoms with van der Waals surface area (Å²) in [5, 5.41) is 10.0. The molecule has 0 unspecified atom stereocenters. The van der Waals surface area contributed by atoms with Crippen LogP contribution >= 0.6 is 11.8 Å². The van der Waals surface area contributed by atoms with Gasteiger partial charge in [0.15, 0.2) is 0 Å². The van der Waals surface area contributed by atoms with Crippen LogP contribution < -0.4 is 16.7 Å². The van der Waals surface area contributed by atoms with Crippen molar-refractivity contribution in [1.82, 2.24) is 20.2 Å². The Morgan fingerprint density at radius 1 is 1.38 bits per heavy atom. The molecule has 0 aliphatic carbocycles. The van der Waals surface area contributed by atoms with Gasteiger partial charge in [0.05, 0.1) is 5.25 Å². The van der Waals surface area contributed by atoms with Crippen molar-refractivity contribution in [3.8, 4) is 0 Å². The number of nitrogens with zero attached hydrogens (tertiary/aromatic N) is 3. The minimum atomic E-state index is -0.496. The summed E-state index contributed by atoms with van der Waals surface area (Å²) in [6.07, 6.45) is 0.593. The van der Waals surface area contributed by atoms with Crippen LogP contribution in [0.2, 0.25) is 0 Å². The van der Waals surface area contributed by atoms with Gasteiger partial charge < -0.3 is 11.2 Å². The molecule has 0 saturated heterocycles. The fraction of sp³-hybridized carbons (Fsp3) is 0.333. The molecule has 0 aliphatic rings. The van der Waals surface area contributed by atoms with Gasteiger partial charge in [-0.15, -0.1) is 10.2 Å². The first-order valence-corrected chi connectivity index (χ1v) is 8.16. The maximum Gasteiger partial charge on any atom is 0.294 e. The van der Waals surface area contributed by atoms with Crippen molar-refractivity contribution in [3.63, 3.8) is 0 Å². The Kier molecular flexibility index (Phi) is 5.91. The first-order valence-electron chi connectivity index (χ1n) is 7.28. The standard InChI is InChI=1S/C15H18FN5O2S/c1-9-14(23)21(17)15(20-19-9)24-10(2)13(22)18-8-7-11-3-5-12(16)6-4-11/h3-6,10H,7-8,17H2,1-2H3,(H,18,22)/t10-/m0/s1. The normalized spacial score (nSPS) is 12.0. The van der Waals surface area contributed by atoms with Crippen LogP contribution in [0.1, 0.15) is 18.2 Å². The molecule has 24 heavy (non-hydrogen) atoms. The Bertz CT molecular complexity index is 778. The lowest BCUT2D eigenvalue weighted by molar-refractivity contribution is -0.120. The van der Waals surface area contributed by atoms with Crippen molar-refractivity contribution in [3.05, 3.63) is 51.7 Å². The van der Waals surface area contributed by atoms with Gasteiger partial charge >= 0.3 is 0 Å². The second-order valence-corrected chi connectivity index (χ2v) is 6.48. The maximum absolute atomic E-state index is 12.8. The summed E-state index contributed by atoms with van der Waals surface area (Å²) in [5.41, 5.74) is 0.673. The first-order chi connectivity index (χ1) is 11.4. The molecule has 0 bridgehead atoms. The predicted molar refractivity (Wildman–Crippen MR) is 89.6 cm³/mol. The molecule has 1 amide bonds. The second kappa shape index (κ2) is 7.91. The van der Waals surface area contributed by atoms with E-state index in [0.29, 0.717) is 13.0 Å². The molecule has 1 aromatic heterocycles. The molecule has 1 atom stereocenters. The maximum atomic E-state index is 12.8. The molecule has 0 fully saturated rings. The van der Waals surface area contributed by atoms with Crippen LogP contribution in [-0.4, -0.2) is 32.6 Å². The summed E-state index contributed by atoms with van der Waals surface area (Å²) in [6, 6.07) is 6.11. The number of nitrogen functional groups attached to an aromatic ring is 1. The lowest BCUT2D eigenvalue weighted by Crippen LogP contribution is -2.35. The van der Waals surface area contributed by atoms with E-state index in [-0.39, 0.29) is 22.6 Å². The number of hydrogen-bond acceptors (Lipinski definition) is 6. The molecular weight excluding hydrogens is 333 g/mol. The van der Waals surface area contributed by atoms with Crippen molar-refractivity contribution in [2.45, 2.75) is 30.7 Å². The molecule has 2 rings (SSSR count). The number of benzene rings is 1. The number of nitrogens with one attached hydrogen (secondary N) is 1. The summed E-state index contributed by atoms with van der Waals surface area (Å²) in [4.78, 5) is 23.8. The number of aromatic nitrogens is 3. The van der Waals surface area contributed by atoms with Crippen molar-refractivity contribution < 1.29 is 9.18 Å². The monoisotopic (exact) mass is 351 g/mol. The quantitative estimate of drug-likeness (QED) is 0.585. The molecule has 2 aromatic rings. The van der Waals surface area contributed by atoms with E-state index >= 15 is 0 Å². The SMILES string of the molecule is Cc1nnc(S[C@@H](C)C(=O)NCCc2ccc(F)cc2)n(N)c1=O. The van der Waals surface area contributed by atoms with E-state index in [1.165, 1.54) is 19.1 Å². The zero-order valence-electron chi connectivity index (χ0n) is 13.3. The lowest BCUT2D eigenvalue weighted by atomic mass is 10.1. The number of thioether (sulfide) groups is 1. The number of halogens is 1. The van der Waals surface area contributed by atoms with E-state index in [4.69, 9.17) is 5.84 Å². The van der Waals surface area contributed by atoms with Gasteiger partial charge in [0.25, 0.3) is 5.56 Å². The van der Waals surface area contributed by atoms with Gasteiger partial charge in [0.2, 0.25) is 11.1 Å². The molecule has 0 aliphatic heterocycles. The molecule has 1 aromatic carbocycles. The Balaban J connectivity index is 1.87. The summed E-state index contributed by atoms with van der Waals surface area (Å²) in [6.45, 7) is 3.62. The number of hydrogen-bond donors (Lipinski definition) is 2. The Morgan fingerprint density at radius 2 is 2.04 bits per heavy atom. The summed E-state index contributed by atoms with van der Waals surface area (Å²) in [7, 11) is 0. The smallest absolute Gasteiger partial charge is 0.294 e. The van der Waals surface area contributed by atoms with Gasteiger partial charge in [-0.2, -0.15) is 4.68 Å². The summed E-state index contributed by atoms with van der Waals surface area (Å²) in [5.74, 6) is 5.14. The Hall–Kier alpha value is -2.42. The van der Waals surface area contributed by atoms with Crippen LogP contribution in [0.25, 0.3) is 0 Å². The van der Waals surface area contributed by atoms with Gasteiger partial charge in [-0.1, -0.05) is 23.9 Å². The molecule has 128 valence electrons. The van der Waals surface area contributed by atoms with Gasteiger partial charge in [0.1, 0.15) is 11.5 Å². The van der Waals surface area contributed by atoms with E-state index < -0.39 is 10.8 Å². The average Bonchev–Trinajstić information content (AvgIpc) is 2.57. The van der Waals surface area contributed by atoms with Gasteiger partial charge in [-0.25, -0.2) is 4.39 Å². The topological polar surface area (TPSA) is 103 Å². The summed E-state index contributed by atoms with van der Waals surface area (Å²) >= 11 is 1.05. The first kappa shape index (κ1) is 17.9. The van der Waals surface area contributed by atoms with Gasteiger partial charge in [-0.05, 0) is 38.0 Å². The summed E-state index contributed by atoms with van der Waals surface area (Å²) < 4.78 is 13.7. The molecule has 1 heterocycles. The largest absolute Gasteiger partial charge is 0.355 e. The highest BCUT2D eigenvalue weighted by Crippen LogP contribution is 2.18. The highest BCUT2D eigenvalue weighted by atomic mass is 32.2. The van der Waals surface area contributed by atoms with Gasteiger partial charge in [0, 0.05) is 6.54 Å². The third-order valence-electron chi connectivity index (χ3n) is 3.30. The number of carbonyl (C=O) groups is 1.